The summed E-state index contributed by atoms with van der Waals surface area (Å²) in [4.78, 5) is 8.97. The third kappa shape index (κ3) is 3.88. The van der Waals surface area contributed by atoms with Gasteiger partial charge in [-0.15, -0.1) is 35.3 Å². The van der Waals surface area contributed by atoms with E-state index in [1.807, 2.05) is 7.05 Å². The number of rotatable bonds is 6. The minimum atomic E-state index is 0. The molecule has 2 fully saturated rings. The van der Waals surface area contributed by atoms with Crippen molar-refractivity contribution in [3.05, 3.63) is 16.1 Å². The molecule has 24 heavy (non-hydrogen) atoms. The molecule has 2 saturated carbocycles. The second-order valence-electron chi connectivity index (χ2n) is 6.48. The summed E-state index contributed by atoms with van der Waals surface area (Å²) in [5, 5.41) is 10.3. The van der Waals surface area contributed by atoms with E-state index >= 15 is 0 Å². The fourth-order valence-corrected chi connectivity index (χ4v) is 4.51. The van der Waals surface area contributed by atoms with Crippen molar-refractivity contribution in [2.45, 2.75) is 64.6 Å². The van der Waals surface area contributed by atoms with Crippen LogP contribution in [-0.4, -0.2) is 36.7 Å². The Hall–Kier alpha value is -0.410. The third-order valence-corrected chi connectivity index (χ3v) is 6.35. The molecule has 0 aliphatic heterocycles. The van der Waals surface area contributed by atoms with Crippen LogP contribution in [-0.2, 0) is 17.7 Å². The van der Waals surface area contributed by atoms with Crippen molar-refractivity contribution in [1.82, 2.24) is 15.6 Å². The summed E-state index contributed by atoms with van der Waals surface area (Å²) in [7, 11) is 1.83. The molecule has 2 aliphatic rings. The molecule has 1 heterocycles. The van der Waals surface area contributed by atoms with Crippen LogP contribution < -0.4 is 10.6 Å². The number of guanidine groups is 1. The lowest BCUT2D eigenvalue weighted by molar-refractivity contribution is -0.168. The first-order valence-corrected chi connectivity index (χ1v) is 9.62. The number of ether oxygens (including phenoxy) is 1. The van der Waals surface area contributed by atoms with Gasteiger partial charge in [-0.25, -0.2) is 4.98 Å². The van der Waals surface area contributed by atoms with E-state index in [1.165, 1.54) is 24.3 Å². The first-order chi connectivity index (χ1) is 11.2. The zero-order chi connectivity index (χ0) is 16.3. The molecule has 5 nitrogen and oxygen atoms in total. The largest absolute Gasteiger partial charge is 0.378 e. The molecular formula is C17H29IN4OS. The summed E-state index contributed by atoms with van der Waals surface area (Å²) in [5.41, 5.74) is 1.44. The van der Waals surface area contributed by atoms with Crippen LogP contribution in [0.25, 0.3) is 0 Å². The molecule has 0 radical (unpaired) electrons. The Kier molecular flexibility index (Phi) is 7.30. The Balaban J connectivity index is 0.00000208. The highest BCUT2D eigenvalue weighted by Crippen LogP contribution is 2.57. The van der Waals surface area contributed by atoms with E-state index in [1.54, 1.807) is 11.3 Å². The molecule has 2 unspecified atom stereocenters. The van der Waals surface area contributed by atoms with Crippen molar-refractivity contribution >= 4 is 41.3 Å². The Morgan fingerprint density at radius 1 is 1.46 bits per heavy atom. The number of nitrogens with zero attached hydrogens (tertiary/aromatic N) is 2. The van der Waals surface area contributed by atoms with Crippen molar-refractivity contribution < 1.29 is 4.74 Å². The van der Waals surface area contributed by atoms with E-state index < -0.39 is 0 Å². The molecule has 1 spiro atoms. The standard InChI is InChI=1S/C17H28N4OS.HI/c1-4-15-20-12(11-23-15)10-19-16(18-3)21-13-9-14(22-5-2)17(13)7-6-8-17;/h11,13-14H,4-10H2,1-3H3,(H2,18,19,21);1H. The van der Waals surface area contributed by atoms with Gasteiger partial charge >= 0.3 is 0 Å². The first kappa shape index (κ1) is 19.9. The van der Waals surface area contributed by atoms with E-state index in [0.717, 1.165) is 37.6 Å². The average Bonchev–Trinajstić information content (AvgIpc) is 2.95. The van der Waals surface area contributed by atoms with Crippen LogP contribution in [0.3, 0.4) is 0 Å². The SMILES string of the molecule is CCOC1CC(NC(=NC)NCc2csc(CC)n2)C12CCC2.I. The highest BCUT2D eigenvalue weighted by molar-refractivity contribution is 14.0. The number of hydrogen-bond donors (Lipinski definition) is 2. The second kappa shape index (κ2) is 8.80. The minimum Gasteiger partial charge on any atom is -0.378 e. The maximum absolute atomic E-state index is 5.92. The van der Waals surface area contributed by atoms with Gasteiger partial charge in [-0.1, -0.05) is 13.3 Å². The summed E-state index contributed by atoms with van der Waals surface area (Å²) in [6.45, 7) is 5.77. The number of aromatic nitrogens is 1. The maximum atomic E-state index is 5.92. The topological polar surface area (TPSA) is 58.5 Å². The van der Waals surface area contributed by atoms with E-state index in [-0.39, 0.29) is 24.0 Å². The second-order valence-corrected chi connectivity index (χ2v) is 7.42. The highest BCUT2D eigenvalue weighted by atomic mass is 127. The van der Waals surface area contributed by atoms with Gasteiger partial charge in [0, 0.05) is 30.5 Å². The molecule has 136 valence electrons. The molecule has 2 aliphatic carbocycles. The summed E-state index contributed by atoms with van der Waals surface area (Å²) in [5.74, 6) is 0.877. The Bertz CT molecular complexity index is 559. The lowest BCUT2D eigenvalue weighted by Crippen LogP contribution is -2.68. The van der Waals surface area contributed by atoms with Crippen molar-refractivity contribution in [2.24, 2.45) is 10.4 Å². The van der Waals surface area contributed by atoms with Crippen LogP contribution in [0, 0.1) is 5.41 Å². The molecule has 1 aromatic rings. The van der Waals surface area contributed by atoms with E-state index in [0.29, 0.717) is 17.6 Å². The fourth-order valence-electron chi connectivity index (χ4n) is 3.77. The molecule has 2 N–H and O–H groups in total. The molecule has 0 saturated heterocycles. The van der Waals surface area contributed by atoms with Crippen molar-refractivity contribution in [1.29, 1.82) is 0 Å². The van der Waals surface area contributed by atoms with Gasteiger partial charge in [-0.05, 0) is 32.6 Å². The molecular weight excluding hydrogens is 435 g/mol. The molecule has 0 bridgehead atoms. The van der Waals surface area contributed by atoms with Crippen LogP contribution in [0.4, 0.5) is 0 Å². The maximum Gasteiger partial charge on any atom is 0.191 e. The number of nitrogens with one attached hydrogen (secondary N) is 2. The lowest BCUT2D eigenvalue weighted by Gasteiger charge is -2.61. The van der Waals surface area contributed by atoms with Gasteiger partial charge < -0.3 is 15.4 Å². The Morgan fingerprint density at radius 2 is 2.25 bits per heavy atom. The molecule has 0 aromatic carbocycles. The van der Waals surface area contributed by atoms with Crippen LogP contribution in [0.5, 0.6) is 0 Å². The van der Waals surface area contributed by atoms with Crippen LogP contribution >= 0.6 is 35.3 Å². The molecule has 3 rings (SSSR count). The van der Waals surface area contributed by atoms with Crippen molar-refractivity contribution in [3.63, 3.8) is 0 Å². The third-order valence-electron chi connectivity index (χ3n) is 5.31. The van der Waals surface area contributed by atoms with Crippen LogP contribution in [0.15, 0.2) is 10.4 Å². The van der Waals surface area contributed by atoms with Gasteiger partial charge in [0.25, 0.3) is 0 Å². The van der Waals surface area contributed by atoms with E-state index in [2.05, 4.69) is 39.8 Å². The van der Waals surface area contributed by atoms with Gasteiger partial charge in [-0.3, -0.25) is 4.99 Å². The molecule has 2 atom stereocenters. The number of thiazole rings is 1. The lowest BCUT2D eigenvalue weighted by atomic mass is 9.51. The predicted molar refractivity (Wildman–Crippen MR) is 110 cm³/mol. The number of halogens is 1. The molecule has 1 aromatic heterocycles. The quantitative estimate of drug-likeness (QED) is 0.385. The number of hydrogen-bond acceptors (Lipinski definition) is 4. The van der Waals surface area contributed by atoms with Gasteiger partial charge in [-0.2, -0.15) is 0 Å². The van der Waals surface area contributed by atoms with E-state index in [9.17, 15) is 0 Å². The normalized spacial score (nSPS) is 24.7. The summed E-state index contributed by atoms with van der Waals surface area (Å²) >= 11 is 1.73. The smallest absolute Gasteiger partial charge is 0.191 e. The summed E-state index contributed by atoms with van der Waals surface area (Å²) in [6, 6.07) is 0.487. The minimum absolute atomic E-state index is 0. The number of aliphatic imine (C=N–C) groups is 1. The first-order valence-electron chi connectivity index (χ1n) is 8.74. The van der Waals surface area contributed by atoms with Gasteiger partial charge in [0.1, 0.15) is 0 Å². The molecule has 7 heteroatoms. The predicted octanol–water partition coefficient (Wildman–Crippen LogP) is 3.34. The fraction of sp³-hybridized carbons (Fsp3) is 0.765. The van der Waals surface area contributed by atoms with Crippen LogP contribution in [0.2, 0.25) is 0 Å². The summed E-state index contributed by atoms with van der Waals surface area (Å²) < 4.78 is 5.92. The van der Waals surface area contributed by atoms with E-state index in [4.69, 9.17) is 4.74 Å². The zero-order valence-corrected chi connectivity index (χ0v) is 17.9. The Morgan fingerprint density at radius 3 is 2.79 bits per heavy atom. The average molecular weight is 464 g/mol. The van der Waals surface area contributed by atoms with Crippen molar-refractivity contribution in [3.8, 4) is 0 Å². The van der Waals surface area contributed by atoms with Gasteiger partial charge in [0.05, 0.1) is 23.4 Å². The summed E-state index contributed by atoms with van der Waals surface area (Å²) in [6.07, 6.45) is 6.40. The van der Waals surface area contributed by atoms with Crippen molar-refractivity contribution in [2.75, 3.05) is 13.7 Å². The van der Waals surface area contributed by atoms with Crippen LogP contribution in [0.1, 0.15) is 50.2 Å². The monoisotopic (exact) mass is 464 g/mol. The van der Waals surface area contributed by atoms with Gasteiger partial charge in [0.15, 0.2) is 5.96 Å². The van der Waals surface area contributed by atoms with Gasteiger partial charge in [0.2, 0.25) is 0 Å². The molecule has 0 amide bonds. The zero-order valence-electron chi connectivity index (χ0n) is 14.8. The number of aryl methyl sites for hydroxylation is 1. The Labute approximate surface area is 166 Å². The highest BCUT2D eigenvalue weighted by Gasteiger charge is 2.59.